The summed E-state index contributed by atoms with van der Waals surface area (Å²) >= 11 is 6.00. The van der Waals surface area contributed by atoms with Crippen LogP contribution in [0.4, 0.5) is 5.69 Å². The molecule has 0 N–H and O–H groups in total. The highest BCUT2D eigenvalue weighted by molar-refractivity contribution is 6.31. The lowest BCUT2D eigenvalue weighted by atomic mass is 10.2. The molecule has 5 nitrogen and oxygen atoms in total. The van der Waals surface area contributed by atoms with Crippen molar-refractivity contribution in [1.82, 2.24) is 4.57 Å². The summed E-state index contributed by atoms with van der Waals surface area (Å²) in [7, 11) is 0. The molecular formula is C13H11ClN2O3. The van der Waals surface area contributed by atoms with Crippen molar-refractivity contribution in [2.24, 2.45) is 0 Å². The average Bonchev–Trinajstić information content (AvgIpc) is 2.34. The fourth-order valence-corrected chi connectivity index (χ4v) is 1.89. The van der Waals surface area contributed by atoms with Crippen LogP contribution in [0.5, 0.6) is 0 Å². The van der Waals surface area contributed by atoms with E-state index in [-0.39, 0.29) is 17.8 Å². The van der Waals surface area contributed by atoms with Crippen LogP contribution in [0, 0.1) is 17.0 Å². The molecule has 1 aromatic carbocycles. The number of aromatic nitrogens is 1. The van der Waals surface area contributed by atoms with Crippen molar-refractivity contribution in [2.75, 3.05) is 0 Å². The van der Waals surface area contributed by atoms with E-state index in [9.17, 15) is 14.9 Å². The Morgan fingerprint density at radius 3 is 2.68 bits per heavy atom. The first kappa shape index (κ1) is 13.3. The van der Waals surface area contributed by atoms with E-state index in [4.69, 9.17) is 11.6 Å². The Hall–Kier alpha value is -2.14. The van der Waals surface area contributed by atoms with Gasteiger partial charge >= 0.3 is 0 Å². The third-order valence-corrected chi connectivity index (χ3v) is 3.10. The molecule has 6 heteroatoms. The van der Waals surface area contributed by atoms with Crippen molar-refractivity contribution < 1.29 is 4.92 Å². The minimum Gasteiger partial charge on any atom is -0.311 e. The molecule has 0 bridgehead atoms. The minimum absolute atomic E-state index is 0.0421. The average molecular weight is 279 g/mol. The van der Waals surface area contributed by atoms with E-state index in [2.05, 4.69) is 0 Å². The van der Waals surface area contributed by atoms with Crippen molar-refractivity contribution in [3.8, 4) is 0 Å². The van der Waals surface area contributed by atoms with Crippen LogP contribution in [0.3, 0.4) is 0 Å². The molecule has 0 spiro atoms. The predicted molar refractivity (Wildman–Crippen MR) is 72.6 cm³/mol. The van der Waals surface area contributed by atoms with Crippen LogP contribution in [0.2, 0.25) is 5.02 Å². The van der Waals surface area contributed by atoms with E-state index in [1.807, 2.05) is 6.92 Å². The van der Waals surface area contributed by atoms with Gasteiger partial charge in [-0.15, -0.1) is 0 Å². The Kier molecular flexibility index (Phi) is 3.66. The van der Waals surface area contributed by atoms with Crippen LogP contribution >= 0.6 is 11.6 Å². The molecule has 0 atom stereocenters. The number of nitro benzene ring substituents is 1. The molecule has 0 amide bonds. The van der Waals surface area contributed by atoms with Gasteiger partial charge in [0.1, 0.15) is 0 Å². The van der Waals surface area contributed by atoms with Gasteiger partial charge in [-0.1, -0.05) is 11.6 Å². The van der Waals surface area contributed by atoms with Crippen LogP contribution < -0.4 is 5.56 Å². The summed E-state index contributed by atoms with van der Waals surface area (Å²) < 4.78 is 1.46. The maximum absolute atomic E-state index is 11.8. The number of aryl methyl sites for hydroxylation is 1. The summed E-state index contributed by atoms with van der Waals surface area (Å²) in [6, 6.07) is 7.49. The van der Waals surface area contributed by atoms with Crippen LogP contribution in [0.1, 0.15) is 11.1 Å². The summed E-state index contributed by atoms with van der Waals surface area (Å²) in [6.07, 6.45) is 1.65. The SMILES string of the molecule is Cc1ccn(Cc2cc([N+](=O)[O-])ccc2Cl)c(=O)c1. The van der Waals surface area contributed by atoms with E-state index in [0.717, 1.165) is 5.56 Å². The normalized spacial score (nSPS) is 10.4. The molecule has 0 saturated carbocycles. The van der Waals surface area contributed by atoms with Gasteiger partial charge in [-0.2, -0.15) is 0 Å². The molecule has 1 aromatic heterocycles. The van der Waals surface area contributed by atoms with E-state index < -0.39 is 4.92 Å². The van der Waals surface area contributed by atoms with Gasteiger partial charge < -0.3 is 4.57 Å². The van der Waals surface area contributed by atoms with E-state index in [0.29, 0.717) is 10.6 Å². The van der Waals surface area contributed by atoms with Crippen molar-refractivity contribution >= 4 is 17.3 Å². The second-order valence-electron chi connectivity index (χ2n) is 4.20. The first-order valence-corrected chi connectivity index (χ1v) is 5.95. The number of nitro groups is 1. The lowest BCUT2D eigenvalue weighted by Gasteiger charge is -2.07. The van der Waals surface area contributed by atoms with E-state index in [1.54, 1.807) is 12.3 Å². The Bertz CT molecular complexity index is 695. The standard InChI is InChI=1S/C13H11ClN2O3/c1-9-4-5-15(13(17)6-9)8-10-7-11(16(18)19)2-3-12(10)14/h2-7H,8H2,1H3. The summed E-state index contributed by atoms with van der Waals surface area (Å²) in [5, 5.41) is 11.1. The zero-order valence-corrected chi connectivity index (χ0v) is 10.9. The second kappa shape index (κ2) is 5.24. The monoisotopic (exact) mass is 278 g/mol. The highest BCUT2D eigenvalue weighted by atomic mass is 35.5. The third-order valence-electron chi connectivity index (χ3n) is 2.73. The highest BCUT2D eigenvalue weighted by Crippen LogP contribution is 2.22. The predicted octanol–water partition coefficient (Wildman–Crippen LogP) is 2.77. The minimum atomic E-state index is -0.488. The highest BCUT2D eigenvalue weighted by Gasteiger charge is 2.10. The first-order valence-electron chi connectivity index (χ1n) is 5.57. The Morgan fingerprint density at radius 2 is 2.05 bits per heavy atom. The third kappa shape index (κ3) is 3.00. The Labute approximate surface area is 114 Å². The number of halogens is 1. The van der Waals surface area contributed by atoms with Gasteiger partial charge in [0.15, 0.2) is 0 Å². The van der Waals surface area contributed by atoms with E-state index in [1.165, 1.54) is 28.8 Å². The number of pyridine rings is 1. The zero-order chi connectivity index (χ0) is 14.0. The van der Waals surface area contributed by atoms with E-state index >= 15 is 0 Å². The van der Waals surface area contributed by atoms with Gasteiger partial charge in [-0.25, -0.2) is 0 Å². The number of non-ortho nitro benzene ring substituents is 1. The van der Waals surface area contributed by atoms with Crippen molar-refractivity contribution in [3.63, 3.8) is 0 Å². The van der Waals surface area contributed by atoms with Crippen molar-refractivity contribution in [1.29, 1.82) is 0 Å². The number of nitrogens with zero attached hydrogens (tertiary/aromatic N) is 2. The molecule has 0 aliphatic rings. The topological polar surface area (TPSA) is 65.1 Å². The molecule has 98 valence electrons. The Morgan fingerprint density at radius 1 is 1.32 bits per heavy atom. The van der Waals surface area contributed by atoms with Gasteiger partial charge in [-0.05, 0) is 30.2 Å². The van der Waals surface area contributed by atoms with Crippen LogP contribution in [0.25, 0.3) is 0 Å². The lowest BCUT2D eigenvalue weighted by molar-refractivity contribution is -0.384. The smallest absolute Gasteiger partial charge is 0.269 e. The summed E-state index contributed by atoms with van der Waals surface area (Å²) in [5.74, 6) is 0. The molecule has 0 fully saturated rings. The fourth-order valence-electron chi connectivity index (χ4n) is 1.72. The molecule has 0 unspecified atom stereocenters. The van der Waals surface area contributed by atoms with Crippen molar-refractivity contribution in [3.05, 3.63) is 73.1 Å². The summed E-state index contributed by atoms with van der Waals surface area (Å²) in [6.45, 7) is 2.03. The van der Waals surface area contributed by atoms with Crippen LogP contribution in [-0.2, 0) is 6.54 Å². The van der Waals surface area contributed by atoms with Gasteiger partial charge in [0.05, 0.1) is 11.5 Å². The molecule has 2 aromatic rings. The number of hydrogen-bond donors (Lipinski definition) is 0. The van der Waals surface area contributed by atoms with Gasteiger partial charge in [0.25, 0.3) is 11.2 Å². The first-order chi connectivity index (χ1) is 8.97. The second-order valence-corrected chi connectivity index (χ2v) is 4.61. The molecule has 0 aliphatic carbocycles. The van der Waals surface area contributed by atoms with Crippen LogP contribution in [0.15, 0.2) is 41.3 Å². The van der Waals surface area contributed by atoms with Gasteiger partial charge in [0.2, 0.25) is 0 Å². The largest absolute Gasteiger partial charge is 0.311 e. The molecule has 0 saturated heterocycles. The fraction of sp³-hybridized carbons (Fsp3) is 0.154. The van der Waals surface area contributed by atoms with Crippen LogP contribution in [-0.4, -0.2) is 9.49 Å². The van der Waals surface area contributed by atoms with Crippen molar-refractivity contribution in [2.45, 2.75) is 13.5 Å². The number of benzene rings is 1. The molecular weight excluding hydrogens is 268 g/mol. The molecule has 0 radical (unpaired) electrons. The molecule has 0 aliphatic heterocycles. The number of hydrogen-bond acceptors (Lipinski definition) is 3. The maximum Gasteiger partial charge on any atom is 0.269 e. The zero-order valence-electron chi connectivity index (χ0n) is 10.2. The maximum atomic E-state index is 11.8. The quantitative estimate of drug-likeness (QED) is 0.640. The number of rotatable bonds is 3. The summed E-state index contributed by atoms with van der Waals surface area (Å²) in [5.41, 5.74) is 1.20. The Balaban J connectivity index is 2.40. The molecule has 19 heavy (non-hydrogen) atoms. The summed E-state index contributed by atoms with van der Waals surface area (Å²) in [4.78, 5) is 22.0. The lowest BCUT2D eigenvalue weighted by Crippen LogP contribution is -2.19. The molecule has 2 rings (SSSR count). The van der Waals surface area contributed by atoms with Gasteiger partial charge in [0, 0.05) is 29.4 Å². The van der Waals surface area contributed by atoms with Gasteiger partial charge in [-0.3, -0.25) is 14.9 Å². The molecule has 1 heterocycles.